The van der Waals surface area contributed by atoms with Gasteiger partial charge in [0.15, 0.2) is 0 Å². The zero-order chi connectivity index (χ0) is 23.6. The van der Waals surface area contributed by atoms with Gasteiger partial charge in [-0.25, -0.2) is 0 Å². The van der Waals surface area contributed by atoms with Gasteiger partial charge in [0, 0.05) is 12.3 Å². The van der Waals surface area contributed by atoms with Crippen molar-refractivity contribution in [1.82, 2.24) is 4.90 Å². The summed E-state index contributed by atoms with van der Waals surface area (Å²) in [5, 5.41) is 0. The van der Waals surface area contributed by atoms with Gasteiger partial charge in [0.05, 0.1) is 11.6 Å². The minimum Gasteiger partial charge on any atom is -0.348 e. The van der Waals surface area contributed by atoms with Crippen LogP contribution in [0, 0.1) is 0 Å². The van der Waals surface area contributed by atoms with Crippen molar-refractivity contribution >= 4 is 5.91 Å². The number of hydrogen-bond acceptors (Lipinski definition) is 2. The molecule has 2 atom stereocenters. The summed E-state index contributed by atoms with van der Waals surface area (Å²) in [6.45, 7) is 10.4. The first kappa shape index (κ1) is 23.3. The maximum absolute atomic E-state index is 14.0. The maximum Gasteiger partial charge on any atom is 0.225 e. The highest BCUT2D eigenvalue weighted by Gasteiger charge is 2.57. The Morgan fingerprint density at radius 3 is 1.67 bits per heavy atom. The van der Waals surface area contributed by atoms with E-state index < -0.39 is 11.3 Å². The molecule has 1 amide bonds. The minimum absolute atomic E-state index is 0.000145. The Balaban J connectivity index is 1.76. The summed E-state index contributed by atoms with van der Waals surface area (Å²) >= 11 is 0. The lowest BCUT2D eigenvalue weighted by Crippen LogP contribution is -2.52. The highest BCUT2D eigenvalue weighted by molar-refractivity contribution is 5.79. The SMILES string of the molecule is C[C@H](CC(=O)N1[C@@H](C(c2ccccc2)c2ccccc2)C(C)(C)OC1(C)C)c1ccccc1. The molecule has 0 aliphatic carbocycles. The number of benzene rings is 3. The second-order valence-corrected chi connectivity index (χ2v) is 10.2. The third kappa shape index (κ3) is 4.74. The Kier molecular flexibility index (Phi) is 6.45. The van der Waals surface area contributed by atoms with Crippen molar-refractivity contribution in [2.24, 2.45) is 0 Å². The van der Waals surface area contributed by atoms with E-state index in [9.17, 15) is 4.79 Å². The molecule has 33 heavy (non-hydrogen) atoms. The fourth-order valence-corrected chi connectivity index (χ4v) is 5.54. The van der Waals surface area contributed by atoms with Gasteiger partial charge in [0.1, 0.15) is 5.72 Å². The van der Waals surface area contributed by atoms with Crippen LogP contribution in [-0.4, -0.2) is 28.2 Å². The monoisotopic (exact) mass is 441 g/mol. The van der Waals surface area contributed by atoms with Crippen molar-refractivity contribution in [2.45, 2.75) is 70.2 Å². The van der Waals surface area contributed by atoms with Gasteiger partial charge >= 0.3 is 0 Å². The summed E-state index contributed by atoms with van der Waals surface area (Å²) in [4.78, 5) is 16.0. The Hall–Kier alpha value is -2.91. The summed E-state index contributed by atoms with van der Waals surface area (Å²) < 4.78 is 6.60. The summed E-state index contributed by atoms with van der Waals surface area (Å²) in [5.41, 5.74) is 2.34. The molecule has 4 rings (SSSR count). The molecule has 1 saturated heterocycles. The third-order valence-electron chi connectivity index (χ3n) is 6.83. The Morgan fingerprint density at radius 2 is 1.21 bits per heavy atom. The number of hydrogen-bond donors (Lipinski definition) is 0. The molecule has 1 aliphatic heterocycles. The van der Waals surface area contributed by atoms with E-state index in [2.05, 4.69) is 81.4 Å². The predicted octanol–water partition coefficient (Wildman–Crippen LogP) is 6.75. The first-order chi connectivity index (χ1) is 15.7. The van der Waals surface area contributed by atoms with E-state index in [1.54, 1.807) is 0 Å². The topological polar surface area (TPSA) is 29.5 Å². The molecule has 0 saturated carbocycles. The van der Waals surface area contributed by atoms with Crippen LogP contribution >= 0.6 is 0 Å². The van der Waals surface area contributed by atoms with Gasteiger partial charge in [-0.05, 0) is 50.3 Å². The molecule has 172 valence electrons. The van der Waals surface area contributed by atoms with Gasteiger partial charge in [-0.15, -0.1) is 0 Å². The van der Waals surface area contributed by atoms with E-state index in [1.807, 2.05) is 49.1 Å². The molecule has 0 spiro atoms. The number of carbonyl (C=O) groups excluding carboxylic acids is 1. The van der Waals surface area contributed by atoms with Crippen molar-refractivity contribution in [3.05, 3.63) is 108 Å². The van der Waals surface area contributed by atoms with Gasteiger partial charge in [-0.2, -0.15) is 0 Å². The third-order valence-corrected chi connectivity index (χ3v) is 6.83. The smallest absolute Gasteiger partial charge is 0.225 e. The summed E-state index contributed by atoms with van der Waals surface area (Å²) in [5.74, 6) is 0.259. The average molecular weight is 442 g/mol. The number of nitrogens with zero attached hydrogens (tertiary/aromatic N) is 1. The Bertz CT molecular complexity index is 1020. The minimum atomic E-state index is -0.705. The van der Waals surface area contributed by atoms with Crippen LogP contribution < -0.4 is 0 Å². The van der Waals surface area contributed by atoms with Crippen molar-refractivity contribution in [1.29, 1.82) is 0 Å². The normalized spacial score (nSPS) is 20.1. The van der Waals surface area contributed by atoms with Gasteiger partial charge in [0.2, 0.25) is 5.91 Å². The molecule has 3 aromatic rings. The summed E-state index contributed by atoms with van der Waals surface area (Å²) in [6, 6.07) is 31.1. The predicted molar refractivity (Wildman–Crippen MR) is 134 cm³/mol. The molecule has 1 heterocycles. The van der Waals surface area contributed by atoms with Crippen molar-refractivity contribution in [3.63, 3.8) is 0 Å². The van der Waals surface area contributed by atoms with Crippen LogP contribution in [0.5, 0.6) is 0 Å². The lowest BCUT2D eigenvalue weighted by atomic mass is 9.77. The first-order valence-corrected chi connectivity index (χ1v) is 11.9. The lowest BCUT2D eigenvalue weighted by Gasteiger charge is -2.40. The molecular weight excluding hydrogens is 406 g/mol. The summed E-state index contributed by atoms with van der Waals surface area (Å²) in [7, 11) is 0. The van der Waals surface area contributed by atoms with E-state index in [0.29, 0.717) is 6.42 Å². The van der Waals surface area contributed by atoms with Crippen LogP contribution in [0.15, 0.2) is 91.0 Å². The zero-order valence-electron chi connectivity index (χ0n) is 20.4. The second kappa shape index (κ2) is 9.15. The number of rotatable bonds is 6. The first-order valence-electron chi connectivity index (χ1n) is 11.9. The van der Waals surface area contributed by atoms with Crippen LogP contribution in [-0.2, 0) is 9.53 Å². The maximum atomic E-state index is 14.0. The molecule has 3 nitrogen and oxygen atoms in total. The molecule has 3 aromatic carbocycles. The standard InChI is InChI=1S/C30H35NO2/c1-22(23-15-9-6-10-16-23)21-26(32)31-28(29(2,3)33-30(31,4)5)27(24-17-11-7-12-18-24)25-19-13-8-14-20-25/h6-20,22,27-28H,21H2,1-5H3/t22-,28+/m1/s1. The van der Waals surface area contributed by atoms with Gasteiger partial charge < -0.3 is 9.64 Å². The van der Waals surface area contributed by atoms with Crippen molar-refractivity contribution in [2.75, 3.05) is 0 Å². The van der Waals surface area contributed by atoms with Crippen molar-refractivity contribution < 1.29 is 9.53 Å². The molecular formula is C30H35NO2. The fourth-order valence-electron chi connectivity index (χ4n) is 5.54. The van der Waals surface area contributed by atoms with E-state index in [1.165, 1.54) is 16.7 Å². The van der Waals surface area contributed by atoms with E-state index >= 15 is 0 Å². The quantitative estimate of drug-likeness (QED) is 0.423. The lowest BCUT2D eigenvalue weighted by molar-refractivity contribution is -0.150. The summed E-state index contributed by atoms with van der Waals surface area (Å²) in [6.07, 6.45) is 0.444. The second-order valence-electron chi connectivity index (χ2n) is 10.2. The zero-order valence-corrected chi connectivity index (χ0v) is 20.4. The van der Waals surface area contributed by atoms with Crippen LogP contribution in [0.4, 0.5) is 0 Å². The highest BCUT2D eigenvalue weighted by atomic mass is 16.6. The van der Waals surface area contributed by atoms with Gasteiger partial charge in [-0.3, -0.25) is 4.79 Å². The van der Waals surface area contributed by atoms with Gasteiger partial charge in [-0.1, -0.05) is 97.9 Å². The van der Waals surface area contributed by atoms with E-state index in [4.69, 9.17) is 4.74 Å². The number of carbonyl (C=O) groups is 1. The largest absolute Gasteiger partial charge is 0.348 e. The van der Waals surface area contributed by atoms with Crippen LogP contribution in [0.25, 0.3) is 0 Å². The molecule has 3 heteroatoms. The average Bonchev–Trinajstić information content (AvgIpc) is 2.99. The number of amides is 1. The Labute approximate surface area is 198 Å². The van der Waals surface area contributed by atoms with E-state index in [-0.39, 0.29) is 23.8 Å². The van der Waals surface area contributed by atoms with E-state index in [0.717, 1.165) is 0 Å². The van der Waals surface area contributed by atoms with Crippen LogP contribution in [0.1, 0.15) is 69.6 Å². The molecule has 0 bridgehead atoms. The highest BCUT2D eigenvalue weighted by Crippen LogP contribution is 2.48. The molecule has 0 aromatic heterocycles. The molecule has 0 radical (unpaired) electrons. The Morgan fingerprint density at radius 1 is 0.788 bits per heavy atom. The van der Waals surface area contributed by atoms with Crippen LogP contribution in [0.3, 0.4) is 0 Å². The van der Waals surface area contributed by atoms with Crippen LogP contribution in [0.2, 0.25) is 0 Å². The molecule has 0 N–H and O–H groups in total. The molecule has 0 unspecified atom stereocenters. The molecule has 1 aliphatic rings. The number of ether oxygens (including phenoxy) is 1. The van der Waals surface area contributed by atoms with Gasteiger partial charge in [0.25, 0.3) is 0 Å². The van der Waals surface area contributed by atoms with Crippen molar-refractivity contribution in [3.8, 4) is 0 Å². The fraction of sp³-hybridized carbons (Fsp3) is 0.367. The molecule has 1 fully saturated rings.